The maximum Gasteiger partial charge on any atom is 0.244 e. The highest BCUT2D eigenvalue weighted by Gasteiger charge is 2.07. The summed E-state index contributed by atoms with van der Waals surface area (Å²) in [6.45, 7) is 0.724. The van der Waals surface area contributed by atoms with Crippen molar-refractivity contribution in [2.75, 3.05) is 17.2 Å². The van der Waals surface area contributed by atoms with Crippen molar-refractivity contribution >= 4 is 17.5 Å². The summed E-state index contributed by atoms with van der Waals surface area (Å²) in [6.07, 6.45) is 9.50. The Kier molecular flexibility index (Phi) is 5.30. The molecule has 1 aromatic carbocycles. The lowest BCUT2D eigenvalue weighted by Gasteiger charge is -2.13. The van der Waals surface area contributed by atoms with E-state index in [4.69, 9.17) is 0 Å². The lowest BCUT2D eigenvalue weighted by Crippen LogP contribution is -2.09. The van der Waals surface area contributed by atoms with E-state index < -0.39 is 11.6 Å². The van der Waals surface area contributed by atoms with Gasteiger partial charge in [0.15, 0.2) is 5.82 Å². The molecular weight excluding hydrogens is 312 g/mol. The van der Waals surface area contributed by atoms with Gasteiger partial charge in [0.25, 0.3) is 0 Å². The Labute approximate surface area is 139 Å². The predicted octanol–water partition coefficient (Wildman–Crippen LogP) is 4.20. The smallest absolute Gasteiger partial charge is 0.244 e. The summed E-state index contributed by atoms with van der Waals surface area (Å²) in [5.74, 6) is -0.598. The van der Waals surface area contributed by atoms with E-state index in [0.717, 1.165) is 31.9 Å². The van der Waals surface area contributed by atoms with Crippen LogP contribution >= 0.6 is 0 Å². The zero-order valence-corrected chi connectivity index (χ0v) is 13.2. The van der Waals surface area contributed by atoms with Crippen LogP contribution in [0.1, 0.15) is 32.1 Å². The fourth-order valence-electron chi connectivity index (χ4n) is 2.63. The molecule has 126 valence electrons. The molecule has 2 aromatic rings. The van der Waals surface area contributed by atoms with Gasteiger partial charge >= 0.3 is 0 Å². The monoisotopic (exact) mass is 331 g/mol. The van der Waals surface area contributed by atoms with Gasteiger partial charge in [-0.05, 0) is 44.2 Å². The molecule has 1 aliphatic rings. The average Bonchev–Trinajstić information content (AvgIpc) is 2.59. The van der Waals surface area contributed by atoms with E-state index in [0.29, 0.717) is 11.8 Å². The van der Waals surface area contributed by atoms with Gasteiger partial charge in [-0.3, -0.25) is 0 Å². The van der Waals surface area contributed by atoms with Crippen molar-refractivity contribution in [3.63, 3.8) is 0 Å². The normalized spacial score (nSPS) is 14.2. The zero-order chi connectivity index (χ0) is 16.8. The van der Waals surface area contributed by atoms with Gasteiger partial charge in [0.1, 0.15) is 11.6 Å². The minimum Gasteiger partial charge on any atom is -0.353 e. The summed E-state index contributed by atoms with van der Waals surface area (Å²) in [5, 5.41) is 13.7. The van der Waals surface area contributed by atoms with Gasteiger partial charge in [-0.25, -0.2) is 8.78 Å². The van der Waals surface area contributed by atoms with Gasteiger partial charge < -0.3 is 10.6 Å². The van der Waals surface area contributed by atoms with Crippen molar-refractivity contribution in [3.8, 4) is 0 Å². The highest BCUT2D eigenvalue weighted by molar-refractivity contribution is 5.56. The topological polar surface area (TPSA) is 62.7 Å². The highest BCUT2D eigenvalue weighted by atomic mass is 19.1. The molecular formula is C17H19F2N5. The number of nitrogens with zero attached hydrogens (tertiary/aromatic N) is 3. The number of hydrogen-bond acceptors (Lipinski definition) is 5. The van der Waals surface area contributed by atoms with Crippen molar-refractivity contribution < 1.29 is 8.78 Å². The van der Waals surface area contributed by atoms with Crippen molar-refractivity contribution in [3.05, 3.63) is 47.7 Å². The Hall–Kier alpha value is -2.57. The van der Waals surface area contributed by atoms with E-state index >= 15 is 0 Å². The number of rotatable bonds is 6. The number of nitrogens with one attached hydrogen (secondary N) is 2. The Morgan fingerprint density at radius 1 is 1.17 bits per heavy atom. The first-order chi connectivity index (χ1) is 11.7. The third-order valence-corrected chi connectivity index (χ3v) is 3.87. The van der Waals surface area contributed by atoms with Gasteiger partial charge in [-0.1, -0.05) is 11.6 Å². The molecule has 0 saturated heterocycles. The molecule has 0 atom stereocenters. The van der Waals surface area contributed by atoms with Crippen LogP contribution in [0.3, 0.4) is 0 Å². The number of allylic oxidation sites excluding steroid dienone is 1. The van der Waals surface area contributed by atoms with Crippen LogP contribution in [0.5, 0.6) is 0 Å². The Bertz CT molecular complexity index is 733. The SMILES string of the molecule is Fc1ccc(Nc2cnnc(NCCC3=CCCCC3)n2)c(F)c1. The molecule has 0 aliphatic heterocycles. The van der Waals surface area contributed by atoms with E-state index in [1.165, 1.54) is 36.7 Å². The largest absolute Gasteiger partial charge is 0.353 e. The fraction of sp³-hybridized carbons (Fsp3) is 0.353. The lowest BCUT2D eigenvalue weighted by atomic mass is 9.97. The van der Waals surface area contributed by atoms with Crippen LogP contribution in [-0.2, 0) is 0 Å². The highest BCUT2D eigenvalue weighted by Crippen LogP contribution is 2.21. The first kappa shape index (κ1) is 16.3. The second kappa shape index (κ2) is 7.81. The van der Waals surface area contributed by atoms with Crippen LogP contribution in [0, 0.1) is 11.6 Å². The van der Waals surface area contributed by atoms with Crippen molar-refractivity contribution in [1.82, 2.24) is 15.2 Å². The van der Waals surface area contributed by atoms with Crippen molar-refractivity contribution in [1.29, 1.82) is 0 Å². The van der Waals surface area contributed by atoms with Crippen LogP contribution in [0.4, 0.5) is 26.2 Å². The molecule has 5 nitrogen and oxygen atoms in total. The standard InChI is InChI=1S/C17H19F2N5/c18-13-6-7-15(14(19)10-13)22-16-11-21-24-17(23-16)20-9-8-12-4-2-1-3-5-12/h4,6-7,10-11H,1-3,5,8-9H2,(H2,20,22,23,24). The van der Waals surface area contributed by atoms with Gasteiger partial charge in [-0.2, -0.15) is 10.1 Å². The van der Waals surface area contributed by atoms with Crippen molar-refractivity contribution in [2.45, 2.75) is 32.1 Å². The van der Waals surface area contributed by atoms with Crippen LogP contribution in [0.15, 0.2) is 36.0 Å². The molecule has 0 spiro atoms. The Morgan fingerprint density at radius 3 is 2.88 bits per heavy atom. The second-order valence-corrected chi connectivity index (χ2v) is 5.70. The summed E-state index contributed by atoms with van der Waals surface area (Å²) < 4.78 is 26.6. The van der Waals surface area contributed by atoms with Crippen LogP contribution in [0.25, 0.3) is 0 Å². The second-order valence-electron chi connectivity index (χ2n) is 5.70. The number of halogens is 2. The third-order valence-electron chi connectivity index (χ3n) is 3.87. The molecule has 0 saturated carbocycles. The quantitative estimate of drug-likeness (QED) is 0.777. The van der Waals surface area contributed by atoms with Gasteiger partial charge in [-0.15, -0.1) is 5.10 Å². The minimum absolute atomic E-state index is 0.134. The van der Waals surface area contributed by atoms with Crippen LogP contribution in [0.2, 0.25) is 0 Å². The maximum atomic E-state index is 13.7. The minimum atomic E-state index is -0.688. The molecule has 0 bridgehead atoms. The molecule has 2 N–H and O–H groups in total. The number of hydrogen-bond donors (Lipinski definition) is 2. The summed E-state index contributed by atoms with van der Waals surface area (Å²) >= 11 is 0. The summed E-state index contributed by atoms with van der Waals surface area (Å²) in [6, 6.07) is 3.31. The van der Waals surface area contributed by atoms with E-state index in [9.17, 15) is 8.78 Å². The average molecular weight is 331 g/mol. The van der Waals surface area contributed by atoms with Gasteiger partial charge in [0, 0.05) is 12.6 Å². The molecule has 0 radical (unpaired) electrons. The molecule has 24 heavy (non-hydrogen) atoms. The summed E-state index contributed by atoms with van der Waals surface area (Å²) in [5.41, 5.74) is 1.60. The van der Waals surface area contributed by atoms with E-state index in [1.54, 1.807) is 0 Å². The molecule has 1 aliphatic carbocycles. The molecule has 3 rings (SSSR count). The van der Waals surface area contributed by atoms with Crippen molar-refractivity contribution in [2.24, 2.45) is 0 Å². The van der Waals surface area contributed by atoms with Crippen LogP contribution < -0.4 is 10.6 Å². The predicted molar refractivity (Wildman–Crippen MR) is 89.1 cm³/mol. The molecule has 0 amide bonds. The Balaban J connectivity index is 1.58. The molecule has 1 heterocycles. The van der Waals surface area contributed by atoms with E-state index in [1.807, 2.05) is 0 Å². The van der Waals surface area contributed by atoms with Crippen LogP contribution in [-0.4, -0.2) is 21.7 Å². The number of benzene rings is 1. The molecule has 1 aromatic heterocycles. The van der Waals surface area contributed by atoms with E-state index in [-0.39, 0.29) is 5.69 Å². The number of aromatic nitrogens is 3. The fourth-order valence-corrected chi connectivity index (χ4v) is 2.63. The van der Waals surface area contributed by atoms with Gasteiger partial charge in [0.2, 0.25) is 5.95 Å². The molecule has 0 fully saturated rings. The summed E-state index contributed by atoms with van der Waals surface area (Å²) in [4.78, 5) is 4.24. The first-order valence-electron chi connectivity index (χ1n) is 8.04. The molecule has 7 heteroatoms. The lowest BCUT2D eigenvalue weighted by molar-refractivity contribution is 0.586. The Morgan fingerprint density at radius 2 is 2.08 bits per heavy atom. The summed E-state index contributed by atoms with van der Waals surface area (Å²) in [7, 11) is 0. The van der Waals surface area contributed by atoms with Gasteiger partial charge in [0.05, 0.1) is 11.9 Å². The maximum absolute atomic E-state index is 13.7. The molecule has 0 unspecified atom stereocenters. The van der Waals surface area contributed by atoms with E-state index in [2.05, 4.69) is 31.9 Å². The number of anilines is 3. The zero-order valence-electron chi connectivity index (χ0n) is 13.2. The first-order valence-corrected chi connectivity index (χ1v) is 8.04. The third kappa shape index (κ3) is 4.47.